The minimum absolute atomic E-state index is 0.156. The number of rotatable bonds is 5. The Morgan fingerprint density at radius 3 is 2.78 bits per heavy atom. The zero-order valence-corrected chi connectivity index (χ0v) is 15.5. The number of aromatic nitrogens is 4. The Labute approximate surface area is 161 Å². The lowest BCUT2D eigenvalue weighted by molar-refractivity contribution is 0.310. The van der Waals surface area contributed by atoms with Crippen LogP contribution in [0.2, 0.25) is 5.02 Å². The molecular weight excluding hydrogens is 362 g/mol. The van der Waals surface area contributed by atoms with Crippen LogP contribution in [0.1, 0.15) is 11.4 Å². The summed E-state index contributed by atoms with van der Waals surface area (Å²) in [5, 5.41) is 5.51. The Balaban J connectivity index is 1.50. The van der Waals surface area contributed by atoms with Gasteiger partial charge in [-0.2, -0.15) is 5.10 Å². The summed E-state index contributed by atoms with van der Waals surface area (Å²) < 4.78 is 1.85. The lowest BCUT2D eigenvalue weighted by atomic mass is 10.2. The molecule has 0 atom stereocenters. The highest BCUT2D eigenvalue weighted by atomic mass is 35.5. The molecule has 4 aromatic rings. The van der Waals surface area contributed by atoms with Crippen molar-refractivity contribution in [2.75, 3.05) is 7.05 Å². The van der Waals surface area contributed by atoms with Crippen molar-refractivity contribution in [3.63, 3.8) is 0 Å². The third kappa shape index (κ3) is 3.92. The van der Waals surface area contributed by atoms with E-state index in [0.717, 1.165) is 11.3 Å². The highest BCUT2D eigenvalue weighted by molar-refractivity contribution is 6.31. The zero-order valence-electron chi connectivity index (χ0n) is 14.8. The highest BCUT2D eigenvalue weighted by Crippen LogP contribution is 2.15. The van der Waals surface area contributed by atoms with Crippen LogP contribution in [-0.4, -0.2) is 31.7 Å². The molecule has 0 saturated carbocycles. The fraction of sp³-hybridized carbons (Fsp3) is 0.150. The van der Waals surface area contributed by atoms with Gasteiger partial charge in [-0.1, -0.05) is 29.8 Å². The van der Waals surface area contributed by atoms with Crippen molar-refractivity contribution in [3.05, 3.63) is 87.7 Å². The summed E-state index contributed by atoms with van der Waals surface area (Å²) in [5.74, 6) is 0.604. The number of aromatic amines is 1. The van der Waals surface area contributed by atoms with E-state index in [0.29, 0.717) is 34.8 Å². The molecule has 2 heterocycles. The normalized spacial score (nSPS) is 11.4. The topological polar surface area (TPSA) is 66.8 Å². The van der Waals surface area contributed by atoms with E-state index in [9.17, 15) is 4.79 Å². The van der Waals surface area contributed by atoms with Crippen LogP contribution in [0.5, 0.6) is 0 Å². The number of fused-ring (bicyclic) bond motifs is 1. The SMILES string of the molecule is CN(Cc1cnn(-c2ccccc2)c1)Cc1nc2cc(Cl)ccc2c(=O)[nH]1. The number of para-hydroxylation sites is 1. The number of H-pyrrole nitrogens is 1. The first kappa shape index (κ1) is 17.5. The maximum Gasteiger partial charge on any atom is 0.258 e. The van der Waals surface area contributed by atoms with Crippen LogP contribution < -0.4 is 5.56 Å². The van der Waals surface area contributed by atoms with E-state index in [2.05, 4.69) is 20.0 Å². The van der Waals surface area contributed by atoms with Crippen LogP contribution in [0.15, 0.2) is 65.7 Å². The van der Waals surface area contributed by atoms with E-state index >= 15 is 0 Å². The molecule has 2 aromatic heterocycles. The zero-order chi connectivity index (χ0) is 18.8. The summed E-state index contributed by atoms with van der Waals surface area (Å²) >= 11 is 6.02. The predicted octanol–water partition coefficient (Wildman–Crippen LogP) is 3.39. The van der Waals surface area contributed by atoms with Gasteiger partial charge in [0.05, 0.1) is 29.3 Å². The van der Waals surface area contributed by atoms with E-state index < -0.39 is 0 Å². The van der Waals surface area contributed by atoms with Crippen LogP contribution in [0.25, 0.3) is 16.6 Å². The Morgan fingerprint density at radius 1 is 1.15 bits per heavy atom. The van der Waals surface area contributed by atoms with Crippen molar-refractivity contribution >= 4 is 22.5 Å². The molecule has 0 amide bonds. The van der Waals surface area contributed by atoms with Crippen LogP contribution in [0, 0.1) is 0 Å². The number of nitrogens with one attached hydrogen (secondary N) is 1. The van der Waals surface area contributed by atoms with Gasteiger partial charge in [-0.3, -0.25) is 9.69 Å². The lowest BCUT2D eigenvalue weighted by Gasteiger charge is -2.15. The first-order chi connectivity index (χ1) is 13.1. The number of nitrogens with zero attached hydrogens (tertiary/aromatic N) is 4. The Kier molecular flexibility index (Phi) is 4.75. The molecule has 1 N–H and O–H groups in total. The number of benzene rings is 2. The molecule has 0 fully saturated rings. The van der Waals surface area contributed by atoms with Gasteiger partial charge < -0.3 is 4.98 Å². The highest BCUT2D eigenvalue weighted by Gasteiger charge is 2.09. The molecule has 0 spiro atoms. The van der Waals surface area contributed by atoms with Crippen molar-refractivity contribution in [3.8, 4) is 5.69 Å². The quantitative estimate of drug-likeness (QED) is 0.577. The first-order valence-corrected chi connectivity index (χ1v) is 8.92. The molecular formula is C20H18ClN5O. The van der Waals surface area contributed by atoms with E-state index in [1.54, 1.807) is 18.2 Å². The van der Waals surface area contributed by atoms with E-state index in [-0.39, 0.29) is 5.56 Å². The molecule has 0 aliphatic heterocycles. The third-order valence-corrected chi connectivity index (χ3v) is 4.48. The molecule has 136 valence electrons. The summed E-state index contributed by atoms with van der Waals surface area (Å²) in [6, 6.07) is 15.1. The van der Waals surface area contributed by atoms with E-state index in [4.69, 9.17) is 11.6 Å². The summed E-state index contributed by atoms with van der Waals surface area (Å²) in [6.45, 7) is 1.19. The van der Waals surface area contributed by atoms with Crippen molar-refractivity contribution in [2.24, 2.45) is 0 Å². The fourth-order valence-corrected chi connectivity index (χ4v) is 3.19. The van der Waals surface area contributed by atoms with Crippen molar-refractivity contribution < 1.29 is 0 Å². The molecule has 4 rings (SSSR count). The summed E-state index contributed by atoms with van der Waals surface area (Å²) in [5.41, 5.74) is 2.54. The van der Waals surface area contributed by atoms with Gasteiger partial charge in [0.25, 0.3) is 5.56 Å². The smallest absolute Gasteiger partial charge is 0.258 e. The maximum absolute atomic E-state index is 12.2. The number of halogens is 1. The predicted molar refractivity (Wildman–Crippen MR) is 106 cm³/mol. The molecule has 0 aliphatic rings. The Morgan fingerprint density at radius 2 is 1.96 bits per heavy atom. The van der Waals surface area contributed by atoms with E-state index in [1.807, 2.05) is 54.5 Å². The molecule has 7 heteroatoms. The molecule has 0 aliphatic carbocycles. The first-order valence-electron chi connectivity index (χ1n) is 8.54. The second kappa shape index (κ2) is 7.34. The number of hydrogen-bond acceptors (Lipinski definition) is 4. The molecule has 27 heavy (non-hydrogen) atoms. The van der Waals surface area contributed by atoms with Crippen LogP contribution >= 0.6 is 11.6 Å². The van der Waals surface area contributed by atoms with Gasteiger partial charge in [0, 0.05) is 23.3 Å². The van der Waals surface area contributed by atoms with Crippen LogP contribution in [0.4, 0.5) is 0 Å². The molecule has 0 radical (unpaired) electrons. The summed E-state index contributed by atoms with van der Waals surface area (Å²) in [6.07, 6.45) is 3.85. The average molecular weight is 380 g/mol. The van der Waals surface area contributed by atoms with Gasteiger partial charge in [-0.15, -0.1) is 0 Å². The van der Waals surface area contributed by atoms with Crippen molar-refractivity contribution in [2.45, 2.75) is 13.1 Å². The summed E-state index contributed by atoms with van der Waals surface area (Å²) in [4.78, 5) is 21.7. The molecule has 6 nitrogen and oxygen atoms in total. The van der Waals surface area contributed by atoms with Gasteiger partial charge >= 0.3 is 0 Å². The Bertz CT molecular complexity index is 1140. The molecule has 2 aromatic carbocycles. The minimum Gasteiger partial charge on any atom is -0.309 e. The third-order valence-electron chi connectivity index (χ3n) is 4.25. The van der Waals surface area contributed by atoms with Gasteiger partial charge in [-0.05, 0) is 37.4 Å². The molecule has 0 saturated heterocycles. The molecule has 0 unspecified atom stereocenters. The van der Waals surface area contributed by atoms with Crippen LogP contribution in [0.3, 0.4) is 0 Å². The minimum atomic E-state index is -0.156. The lowest BCUT2D eigenvalue weighted by Crippen LogP contribution is -2.21. The van der Waals surface area contributed by atoms with Gasteiger partial charge in [0.1, 0.15) is 5.82 Å². The summed E-state index contributed by atoms with van der Waals surface area (Å²) in [7, 11) is 1.97. The van der Waals surface area contributed by atoms with Gasteiger partial charge in [-0.25, -0.2) is 9.67 Å². The Hall–Kier alpha value is -2.96. The largest absolute Gasteiger partial charge is 0.309 e. The number of hydrogen-bond donors (Lipinski definition) is 1. The van der Waals surface area contributed by atoms with Gasteiger partial charge in [0.2, 0.25) is 0 Å². The monoisotopic (exact) mass is 379 g/mol. The van der Waals surface area contributed by atoms with Gasteiger partial charge in [0.15, 0.2) is 0 Å². The van der Waals surface area contributed by atoms with Crippen molar-refractivity contribution in [1.29, 1.82) is 0 Å². The fourth-order valence-electron chi connectivity index (χ4n) is 3.02. The molecule has 0 bridgehead atoms. The standard InChI is InChI=1S/C20H18ClN5O/c1-25(11-14-10-22-26(12-14)16-5-3-2-4-6-16)13-19-23-18-9-15(21)7-8-17(18)20(27)24-19/h2-10,12H,11,13H2,1H3,(H,23,24,27). The van der Waals surface area contributed by atoms with E-state index in [1.165, 1.54) is 0 Å². The maximum atomic E-state index is 12.2. The average Bonchev–Trinajstić information content (AvgIpc) is 3.10. The second-order valence-electron chi connectivity index (χ2n) is 6.48. The van der Waals surface area contributed by atoms with Crippen LogP contribution in [-0.2, 0) is 13.1 Å². The van der Waals surface area contributed by atoms with Crippen molar-refractivity contribution in [1.82, 2.24) is 24.6 Å². The second-order valence-corrected chi connectivity index (χ2v) is 6.91.